The molecule has 0 saturated heterocycles. The molecule has 84 valence electrons. The second kappa shape index (κ2) is 5.85. The van der Waals surface area contributed by atoms with Gasteiger partial charge in [-0.3, -0.25) is 4.79 Å². The Kier molecular flexibility index (Phi) is 4.75. The maximum Gasteiger partial charge on any atom is 0.220 e. The molecule has 0 aromatic carbocycles. The van der Waals surface area contributed by atoms with Gasteiger partial charge in [0, 0.05) is 17.5 Å². The minimum absolute atomic E-state index is 0.0364. The van der Waals surface area contributed by atoms with Gasteiger partial charge in [0.25, 0.3) is 0 Å². The van der Waals surface area contributed by atoms with Crippen molar-refractivity contribution < 1.29 is 4.79 Å². The zero-order valence-electron chi connectivity index (χ0n) is 9.54. The predicted octanol–water partition coefficient (Wildman–Crippen LogP) is 2.68. The van der Waals surface area contributed by atoms with E-state index in [1.165, 1.54) is 4.88 Å². The molecule has 0 aliphatic carbocycles. The van der Waals surface area contributed by atoms with Gasteiger partial charge in [-0.15, -0.1) is 11.3 Å². The Hall–Kier alpha value is -0.900. The number of carbonyl (C=O) groups is 1. The molecule has 1 rings (SSSR count). The molecule has 15 heavy (non-hydrogen) atoms. The Morgan fingerprint density at radius 2 is 2.33 bits per heavy atom. The van der Waals surface area contributed by atoms with Gasteiger partial charge in [-0.25, -0.2) is 4.98 Å². The zero-order valence-corrected chi connectivity index (χ0v) is 10.4. The quantitative estimate of drug-likeness (QED) is 0.838. The lowest BCUT2D eigenvalue weighted by Gasteiger charge is -2.10. The summed E-state index contributed by atoms with van der Waals surface area (Å²) in [4.78, 5) is 16.9. The average molecular weight is 226 g/mol. The predicted molar refractivity (Wildman–Crippen MR) is 63.0 cm³/mol. The summed E-state index contributed by atoms with van der Waals surface area (Å²) < 4.78 is 0. The Morgan fingerprint density at radius 3 is 2.87 bits per heavy atom. The van der Waals surface area contributed by atoms with Crippen molar-refractivity contribution in [3.05, 3.63) is 16.1 Å². The summed E-state index contributed by atoms with van der Waals surface area (Å²) >= 11 is 1.68. The highest BCUT2D eigenvalue weighted by Crippen LogP contribution is 2.20. The Balaban J connectivity index is 2.52. The van der Waals surface area contributed by atoms with Gasteiger partial charge in [-0.05, 0) is 19.8 Å². The third-order valence-corrected chi connectivity index (χ3v) is 3.47. The topological polar surface area (TPSA) is 42.0 Å². The lowest BCUT2D eigenvalue weighted by atomic mass is 10.3. The van der Waals surface area contributed by atoms with Crippen molar-refractivity contribution in [2.75, 3.05) is 0 Å². The van der Waals surface area contributed by atoms with Gasteiger partial charge in [0.05, 0.1) is 6.04 Å². The number of hydrogen-bond acceptors (Lipinski definition) is 3. The third-order valence-electron chi connectivity index (χ3n) is 2.14. The molecule has 1 amide bonds. The van der Waals surface area contributed by atoms with Crippen LogP contribution in [-0.4, -0.2) is 10.9 Å². The molecular formula is C11H18N2OS. The van der Waals surface area contributed by atoms with Crippen LogP contribution >= 0.6 is 11.3 Å². The van der Waals surface area contributed by atoms with E-state index in [-0.39, 0.29) is 11.9 Å². The Morgan fingerprint density at radius 1 is 1.60 bits per heavy atom. The summed E-state index contributed by atoms with van der Waals surface area (Å²) in [5.41, 5.74) is 0. The summed E-state index contributed by atoms with van der Waals surface area (Å²) in [5.74, 6) is 0.109. The van der Waals surface area contributed by atoms with E-state index in [0.717, 1.165) is 17.8 Å². The first-order valence-corrected chi connectivity index (χ1v) is 6.23. The highest BCUT2D eigenvalue weighted by molar-refractivity contribution is 7.11. The van der Waals surface area contributed by atoms with Gasteiger partial charge in [0.1, 0.15) is 5.01 Å². The number of carbonyl (C=O) groups excluding carboxylic acids is 1. The summed E-state index contributed by atoms with van der Waals surface area (Å²) in [6, 6.07) is 0.0364. The Labute approximate surface area is 94.9 Å². The molecule has 1 N–H and O–H groups in total. The standard InChI is InChI=1S/C11H18N2OS/c1-4-6-10(14)13-8(3)11-12-7-9(5-2)15-11/h7-8H,4-6H2,1-3H3,(H,13,14). The summed E-state index contributed by atoms with van der Waals surface area (Å²) in [5, 5.41) is 3.94. The summed E-state index contributed by atoms with van der Waals surface area (Å²) in [6.45, 7) is 6.09. The molecule has 0 bridgehead atoms. The van der Waals surface area contributed by atoms with E-state index < -0.39 is 0 Å². The number of aryl methyl sites for hydroxylation is 1. The van der Waals surface area contributed by atoms with Crippen molar-refractivity contribution in [3.63, 3.8) is 0 Å². The van der Waals surface area contributed by atoms with Gasteiger partial charge in [-0.2, -0.15) is 0 Å². The van der Waals surface area contributed by atoms with Crippen LogP contribution in [0.25, 0.3) is 0 Å². The van der Waals surface area contributed by atoms with Crippen LogP contribution in [0.5, 0.6) is 0 Å². The maximum absolute atomic E-state index is 11.4. The molecule has 1 heterocycles. The molecule has 0 radical (unpaired) electrons. The molecule has 0 aliphatic rings. The minimum Gasteiger partial charge on any atom is -0.347 e. The molecule has 1 aromatic rings. The summed E-state index contributed by atoms with van der Waals surface area (Å²) in [6.07, 6.45) is 4.38. The largest absolute Gasteiger partial charge is 0.347 e. The SMILES string of the molecule is CCCC(=O)NC(C)c1ncc(CC)s1. The van der Waals surface area contributed by atoms with Crippen LogP contribution < -0.4 is 5.32 Å². The van der Waals surface area contributed by atoms with Crippen molar-refractivity contribution >= 4 is 17.2 Å². The van der Waals surface area contributed by atoms with Crippen molar-refractivity contribution in [1.82, 2.24) is 10.3 Å². The highest BCUT2D eigenvalue weighted by atomic mass is 32.1. The van der Waals surface area contributed by atoms with E-state index in [1.54, 1.807) is 11.3 Å². The van der Waals surface area contributed by atoms with Crippen molar-refractivity contribution in [1.29, 1.82) is 0 Å². The highest BCUT2D eigenvalue weighted by Gasteiger charge is 2.12. The molecule has 3 nitrogen and oxygen atoms in total. The third kappa shape index (κ3) is 3.63. The van der Waals surface area contributed by atoms with Gasteiger partial charge in [-0.1, -0.05) is 13.8 Å². The molecule has 1 atom stereocenters. The molecule has 0 saturated carbocycles. The van der Waals surface area contributed by atoms with Crippen LogP contribution in [0, 0.1) is 0 Å². The lowest BCUT2D eigenvalue weighted by Crippen LogP contribution is -2.25. The zero-order chi connectivity index (χ0) is 11.3. The fourth-order valence-corrected chi connectivity index (χ4v) is 2.15. The van der Waals surface area contributed by atoms with E-state index in [1.807, 2.05) is 20.0 Å². The maximum atomic E-state index is 11.4. The van der Waals surface area contributed by atoms with Gasteiger partial charge >= 0.3 is 0 Å². The molecule has 1 aromatic heterocycles. The van der Waals surface area contributed by atoms with Crippen LogP contribution in [0.1, 0.15) is 49.5 Å². The second-order valence-corrected chi connectivity index (χ2v) is 4.70. The van der Waals surface area contributed by atoms with E-state index in [0.29, 0.717) is 6.42 Å². The average Bonchev–Trinajstić information content (AvgIpc) is 2.66. The monoisotopic (exact) mass is 226 g/mol. The fourth-order valence-electron chi connectivity index (χ4n) is 1.29. The normalized spacial score (nSPS) is 12.5. The second-order valence-electron chi connectivity index (χ2n) is 3.56. The van der Waals surface area contributed by atoms with E-state index in [9.17, 15) is 4.79 Å². The molecule has 1 unspecified atom stereocenters. The lowest BCUT2D eigenvalue weighted by molar-refractivity contribution is -0.121. The minimum atomic E-state index is 0.0364. The van der Waals surface area contributed by atoms with Crippen LogP contribution in [0.2, 0.25) is 0 Å². The number of aromatic nitrogens is 1. The molecule has 0 spiro atoms. The number of rotatable bonds is 5. The molecule has 0 aliphatic heterocycles. The fraction of sp³-hybridized carbons (Fsp3) is 0.636. The number of amides is 1. The number of hydrogen-bond donors (Lipinski definition) is 1. The van der Waals surface area contributed by atoms with E-state index in [2.05, 4.69) is 17.2 Å². The number of nitrogens with one attached hydrogen (secondary N) is 1. The van der Waals surface area contributed by atoms with Crippen molar-refractivity contribution in [3.8, 4) is 0 Å². The van der Waals surface area contributed by atoms with E-state index >= 15 is 0 Å². The van der Waals surface area contributed by atoms with Crippen LogP contribution in [0.3, 0.4) is 0 Å². The van der Waals surface area contributed by atoms with Crippen LogP contribution in [0.4, 0.5) is 0 Å². The number of thiazole rings is 1. The molecule has 0 fully saturated rings. The van der Waals surface area contributed by atoms with Gasteiger partial charge in [0.15, 0.2) is 0 Å². The smallest absolute Gasteiger partial charge is 0.220 e. The van der Waals surface area contributed by atoms with Crippen molar-refractivity contribution in [2.45, 2.75) is 46.1 Å². The van der Waals surface area contributed by atoms with Gasteiger partial charge in [0.2, 0.25) is 5.91 Å². The number of nitrogens with zero attached hydrogens (tertiary/aromatic N) is 1. The molecular weight excluding hydrogens is 208 g/mol. The van der Waals surface area contributed by atoms with Gasteiger partial charge < -0.3 is 5.32 Å². The Bertz CT molecular complexity index is 322. The first-order valence-electron chi connectivity index (χ1n) is 5.41. The van der Waals surface area contributed by atoms with Crippen LogP contribution in [0.15, 0.2) is 6.20 Å². The molecule has 4 heteroatoms. The first kappa shape index (κ1) is 12.2. The van der Waals surface area contributed by atoms with Crippen molar-refractivity contribution in [2.24, 2.45) is 0 Å². The first-order chi connectivity index (χ1) is 7.17. The van der Waals surface area contributed by atoms with E-state index in [4.69, 9.17) is 0 Å². The van der Waals surface area contributed by atoms with Crippen LogP contribution in [-0.2, 0) is 11.2 Å². The summed E-state index contributed by atoms with van der Waals surface area (Å²) in [7, 11) is 0.